The first-order chi connectivity index (χ1) is 16.7. The summed E-state index contributed by atoms with van der Waals surface area (Å²) in [5, 5.41) is 30.0. The van der Waals surface area contributed by atoms with E-state index in [1.165, 1.54) is 32.6 Å². The van der Waals surface area contributed by atoms with E-state index >= 15 is 0 Å². The third kappa shape index (κ3) is 7.23. The molecular weight excluding hydrogens is 444 g/mol. The summed E-state index contributed by atoms with van der Waals surface area (Å²) in [7, 11) is 0. The molecule has 2 aliphatic rings. The zero-order valence-electron chi connectivity index (χ0n) is 21.3. The average molecular weight is 487 g/mol. The lowest BCUT2D eigenvalue weighted by Gasteiger charge is -2.32. The lowest BCUT2D eigenvalue weighted by atomic mass is 9.72. The summed E-state index contributed by atoms with van der Waals surface area (Å²) in [5.74, 6) is -0.147. The highest BCUT2D eigenvalue weighted by Gasteiger charge is 2.35. The topological polar surface area (TPSA) is 112 Å². The van der Waals surface area contributed by atoms with E-state index in [2.05, 4.69) is 6.92 Å². The molecule has 1 saturated carbocycles. The minimum Gasteiger partial charge on any atom is -0.507 e. The van der Waals surface area contributed by atoms with Gasteiger partial charge in [0, 0.05) is 18.9 Å². The number of aromatic hydroxyl groups is 1. The summed E-state index contributed by atoms with van der Waals surface area (Å²) in [4.78, 5) is 37.2. The fourth-order valence-corrected chi connectivity index (χ4v) is 6.29. The Morgan fingerprint density at radius 2 is 1.77 bits per heavy atom. The number of ketones is 3. The number of benzene rings is 1. The Labute approximate surface area is 209 Å². The van der Waals surface area contributed by atoms with Crippen molar-refractivity contribution in [3.8, 4) is 5.75 Å². The second kappa shape index (κ2) is 12.8. The highest BCUT2D eigenvalue weighted by atomic mass is 16.3. The molecule has 0 heterocycles. The highest BCUT2D eigenvalue weighted by molar-refractivity contribution is 6.01. The van der Waals surface area contributed by atoms with Gasteiger partial charge in [0.25, 0.3) is 0 Å². The van der Waals surface area contributed by atoms with Gasteiger partial charge in [-0.05, 0) is 79.9 Å². The molecule has 0 radical (unpaired) electrons. The smallest absolute Gasteiger partial charge is 0.167 e. The van der Waals surface area contributed by atoms with Gasteiger partial charge in [-0.2, -0.15) is 0 Å². The number of aliphatic hydroxyl groups excluding tert-OH is 2. The fraction of sp³-hybridized carbons (Fsp3) is 0.690. The van der Waals surface area contributed by atoms with Crippen molar-refractivity contribution in [3.05, 3.63) is 28.8 Å². The molecule has 0 amide bonds. The summed E-state index contributed by atoms with van der Waals surface area (Å²) in [6.45, 7) is 3.17. The van der Waals surface area contributed by atoms with E-state index in [1.54, 1.807) is 6.07 Å². The number of carbonyl (C=O) groups excluding carboxylic acids is 3. The zero-order chi connectivity index (χ0) is 25.5. The summed E-state index contributed by atoms with van der Waals surface area (Å²) >= 11 is 0. The third-order valence-electron chi connectivity index (χ3n) is 8.33. The SMILES string of the molecule is CC(=O)CC(=O)C(CO)C(CCO)CC1CC(=O)c2c(O)ccc(CCC3CCC(C)CC3)c2C1. The van der Waals surface area contributed by atoms with E-state index in [9.17, 15) is 29.7 Å². The maximum Gasteiger partial charge on any atom is 0.167 e. The van der Waals surface area contributed by atoms with Crippen LogP contribution in [-0.4, -0.2) is 45.9 Å². The number of aliphatic hydroxyl groups is 2. The van der Waals surface area contributed by atoms with E-state index in [0.29, 0.717) is 30.7 Å². The van der Waals surface area contributed by atoms with Crippen LogP contribution < -0.4 is 0 Å². The van der Waals surface area contributed by atoms with Crippen LogP contribution in [0.2, 0.25) is 0 Å². The minimum atomic E-state index is -0.722. The number of aryl methyl sites for hydroxylation is 1. The third-order valence-corrected chi connectivity index (χ3v) is 8.33. The van der Waals surface area contributed by atoms with Crippen molar-refractivity contribution in [1.82, 2.24) is 0 Å². The van der Waals surface area contributed by atoms with Crippen molar-refractivity contribution < 1.29 is 29.7 Å². The Morgan fingerprint density at radius 1 is 1.06 bits per heavy atom. The van der Waals surface area contributed by atoms with Crippen molar-refractivity contribution >= 4 is 17.3 Å². The predicted molar refractivity (Wildman–Crippen MR) is 134 cm³/mol. The Balaban J connectivity index is 1.76. The van der Waals surface area contributed by atoms with Gasteiger partial charge in [-0.3, -0.25) is 14.4 Å². The van der Waals surface area contributed by atoms with Crippen molar-refractivity contribution in [1.29, 1.82) is 0 Å². The van der Waals surface area contributed by atoms with Crippen LogP contribution in [0.5, 0.6) is 5.75 Å². The van der Waals surface area contributed by atoms with Crippen molar-refractivity contribution in [2.75, 3.05) is 13.2 Å². The van der Waals surface area contributed by atoms with Gasteiger partial charge in [0.15, 0.2) is 5.78 Å². The van der Waals surface area contributed by atoms with Crippen LogP contribution >= 0.6 is 0 Å². The predicted octanol–water partition coefficient (Wildman–Crippen LogP) is 4.44. The van der Waals surface area contributed by atoms with Crippen LogP contribution in [0.4, 0.5) is 0 Å². The van der Waals surface area contributed by atoms with Crippen molar-refractivity contribution in [2.24, 2.45) is 29.6 Å². The molecule has 0 saturated heterocycles. The van der Waals surface area contributed by atoms with Crippen LogP contribution in [0, 0.1) is 29.6 Å². The van der Waals surface area contributed by atoms with Crippen LogP contribution in [0.3, 0.4) is 0 Å². The lowest BCUT2D eigenvalue weighted by molar-refractivity contribution is -0.131. The molecule has 6 heteroatoms. The number of carbonyl (C=O) groups is 3. The van der Waals surface area contributed by atoms with E-state index < -0.39 is 5.92 Å². The van der Waals surface area contributed by atoms with E-state index in [4.69, 9.17) is 0 Å². The molecule has 0 aromatic heterocycles. The van der Waals surface area contributed by atoms with Gasteiger partial charge < -0.3 is 15.3 Å². The second-order valence-electron chi connectivity index (χ2n) is 11.1. The molecule has 0 bridgehead atoms. The highest BCUT2D eigenvalue weighted by Crippen LogP contribution is 2.39. The molecule has 0 spiro atoms. The Morgan fingerprint density at radius 3 is 2.40 bits per heavy atom. The number of Topliss-reactive ketones (excluding diaryl/α,β-unsaturated/α-hetero) is 3. The molecule has 0 aliphatic heterocycles. The number of phenols is 1. The molecule has 6 nitrogen and oxygen atoms in total. The first kappa shape index (κ1) is 27.5. The lowest BCUT2D eigenvalue weighted by Crippen LogP contribution is -2.32. The Hall–Kier alpha value is -2.05. The van der Waals surface area contributed by atoms with Gasteiger partial charge in [0.1, 0.15) is 17.3 Å². The van der Waals surface area contributed by atoms with Gasteiger partial charge in [0.05, 0.1) is 18.6 Å². The normalized spacial score (nSPS) is 24.0. The van der Waals surface area contributed by atoms with E-state index in [1.807, 2.05) is 6.07 Å². The first-order valence-electron chi connectivity index (χ1n) is 13.3. The summed E-state index contributed by atoms with van der Waals surface area (Å²) in [5.41, 5.74) is 2.49. The largest absolute Gasteiger partial charge is 0.507 e. The first-order valence-corrected chi connectivity index (χ1v) is 13.3. The maximum atomic E-state index is 13.1. The zero-order valence-corrected chi connectivity index (χ0v) is 21.3. The fourth-order valence-electron chi connectivity index (χ4n) is 6.29. The molecule has 3 atom stereocenters. The second-order valence-corrected chi connectivity index (χ2v) is 11.1. The Kier molecular flexibility index (Phi) is 10.0. The van der Waals surface area contributed by atoms with Gasteiger partial charge in [0.2, 0.25) is 0 Å². The maximum absolute atomic E-state index is 13.1. The Bertz CT molecular complexity index is 899. The molecule has 3 rings (SSSR count). The van der Waals surface area contributed by atoms with Gasteiger partial charge in [-0.25, -0.2) is 0 Å². The molecule has 35 heavy (non-hydrogen) atoms. The van der Waals surface area contributed by atoms with Gasteiger partial charge in [-0.1, -0.05) is 38.7 Å². The molecule has 3 unspecified atom stereocenters. The van der Waals surface area contributed by atoms with Crippen LogP contribution in [0.1, 0.15) is 93.1 Å². The van der Waals surface area contributed by atoms with Gasteiger partial charge >= 0.3 is 0 Å². The number of fused-ring (bicyclic) bond motifs is 1. The van der Waals surface area contributed by atoms with Crippen molar-refractivity contribution in [3.63, 3.8) is 0 Å². The van der Waals surface area contributed by atoms with Crippen LogP contribution in [0.25, 0.3) is 0 Å². The van der Waals surface area contributed by atoms with E-state index in [-0.39, 0.29) is 61.0 Å². The quantitative estimate of drug-likeness (QED) is 0.377. The molecule has 1 fully saturated rings. The average Bonchev–Trinajstić information content (AvgIpc) is 2.79. The number of phenolic OH excluding ortho intramolecular Hbond substituents is 1. The standard InChI is InChI=1S/C29H42O6/c1-18-3-5-20(6-4-18)7-8-22-9-10-26(33)29-24(22)15-21(16-28(29)35)14-23(11-12-30)25(17-31)27(34)13-19(2)32/h9-10,18,20-21,23,25,30-31,33H,3-8,11-17H2,1-2H3. The molecule has 194 valence electrons. The number of hydrogen-bond acceptors (Lipinski definition) is 6. The molecular formula is C29H42O6. The van der Waals surface area contributed by atoms with Crippen LogP contribution in [-0.2, 0) is 22.4 Å². The summed E-state index contributed by atoms with van der Waals surface area (Å²) < 4.78 is 0. The number of rotatable bonds is 12. The van der Waals surface area contributed by atoms with Crippen LogP contribution in [0.15, 0.2) is 12.1 Å². The molecule has 1 aromatic rings. The minimum absolute atomic E-state index is 0.0375. The van der Waals surface area contributed by atoms with Crippen molar-refractivity contribution in [2.45, 2.75) is 84.5 Å². The van der Waals surface area contributed by atoms with E-state index in [0.717, 1.165) is 29.9 Å². The molecule has 2 aliphatic carbocycles. The molecule has 3 N–H and O–H groups in total. The van der Waals surface area contributed by atoms with Gasteiger partial charge in [-0.15, -0.1) is 0 Å². The summed E-state index contributed by atoms with van der Waals surface area (Å²) in [6.07, 6.45) is 8.55. The number of hydrogen-bond donors (Lipinski definition) is 3. The monoisotopic (exact) mass is 486 g/mol. The summed E-state index contributed by atoms with van der Waals surface area (Å²) in [6, 6.07) is 3.60. The molecule has 1 aromatic carbocycles.